The minimum Gasteiger partial charge on any atom is -0.339 e. The van der Waals surface area contributed by atoms with Crippen LogP contribution in [-0.4, -0.2) is 29.8 Å². The van der Waals surface area contributed by atoms with Crippen LogP contribution in [0, 0.1) is 5.92 Å². The SMILES string of the molecule is CC1CCN(C(=O)c2cccc(C(=O)Nc3cccc(C(F)(F)F)c3)c2)CC1. The molecule has 1 heterocycles. The van der Waals surface area contributed by atoms with Gasteiger partial charge in [-0.1, -0.05) is 19.1 Å². The Hall–Kier alpha value is -2.83. The summed E-state index contributed by atoms with van der Waals surface area (Å²) in [6, 6.07) is 10.7. The van der Waals surface area contributed by atoms with Crippen LogP contribution in [0.25, 0.3) is 0 Å². The quantitative estimate of drug-likeness (QED) is 0.816. The highest BCUT2D eigenvalue weighted by molar-refractivity contribution is 6.06. The summed E-state index contributed by atoms with van der Waals surface area (Å²) in [6.45, 7) is 3.52. The summed E-state index contributed by atoms with van der Waals surface area (Å²) in [7, 11) is 0. The van der Waals surface area contributed by atoms with Crippen molar-refractivity contribution in [2.24, 2.45) is 5.92 Å². The van der Waals surface area contributed by atoms with Gasteiger partial charge < -0.3 is 10.2 Å². The predicted octanol–water partition coefficient (Wildman–Crippen LogP) is 4.83. The highest BCUT2D eigenvalue weighted by atomic mass is 19.4. The minimum absolute atomic E-state index is 0.0431. The number of carbonyl (C=O) groups excluding carboxylic acids is 2. The first-order valence-electron chi connectivity index (χ1n) is 9.12. The van der Waals surface area contributed by atoms with Crippen LogP contribution in [0.3, 0.4) is 0 Å². The number of hydrogen-bond donors (Lipinski definition) is 1. The molecule has 148 valence electrons. The molecule has 1 aliphatic rings. The number of hydrogen-bond acceptors (Lipinski definition) is 2. The Kier molecular flexibility index (Phi) is 5.72. The normalized spacial score (nSPS) is 15.4. The number of amides is 2. The highest BCUT2D eigenvalue weighted by Crippen LogP contribution is 2.30. The molecule has 2 aromatic carbocycles. The van der Waals surface area contributed by atoms with Crippen molar-refractivity contribution in [1.82, 2.24) is 4.90 Å². The zero-order valence-electron chi connectivity index (χ0n) is 15.4. The van der Waals surface area contributed by atoms with E-state index in [1.165, 1.54) is 24.3 Å². The molecule has 0 spiro atoms. The molecule has 1 fully saturated rings. The maximum absolute atomic E-state index is 12.8. The summed E-state index contributed by atoms with van der Waals surface area (Å²) in [5.74, 6) is -0.115. The Morgan fingerprint density at radius 3 is 2.32 bits per heavy atom. The average Bonchev–Trinajstić information content (AvgIpc) is 2.67. The van der Waals surface area contributed by atoms with Crippen molar-refractivity contribution < 1.29 is 22.8 Å². The second-order valence-corrected chi connectivity index (χ2v) is 7.09. The van der Waals surface area contributed by atoms with Crippen molar-refractivity contribution in [1.29, 1.82) is 0 Å². The second kappa shape index (κ2) is 8.04. The number of rotatable bonds is 3. The molecule has 0 bridgehead atoms. The van der Waals surface area contributed by atoms with Gasteiger partial charge in [0.05, 0.1) is 5.56 Å². The van der Waals surface area contributed by atoms with Crippen LogP contribution in [0.15, 0.2) is 48.5 Å². The fourth-order valence-corrected chi connectivity index (χ4v) is 3.16. The molecule has 1 aliphatic heterocycles. The van der Waals surface area contributed by atoms with Gasteiger partial charge in [0.2, 0.25) is 0 Å². The predicted molar refractivity (Wildman–Crippen MR) is 100 cm³/mol. The summed E-state index contributed by atoms with van der Waals surface area (Å²) in [5.41, 5.74) is -0.185. The first kappa shape index (κ1) is 19.9. The summed E-state index contributed by atoms with van der Waals surface area (Å²) in [4.78, 5) is 26.9. The molecule has 0 saturated carbocycles. The lowest BCUT2D eigenvalue weighted by atomic mass is 9.98. The molecule has 2 amide bonds. The first-order chi connectivity index (χ1) is 13.2. The molecule has 28 heavy (non-hydrogen) atoms. The van der Waals surface area contributed by atoms with Gasteiger partial charge in [-0.3, -0.25) is 9.59 Å². The van der Waals surface area contributed by atoms with Crippen LogP contribution in [0.2, 0.25) is 0 Å². The van der Waals surface area contributed by atoms with E-state index >= 15 is 0 Å². The van der Waals surface area contributed by atoms with Gasteiger partial charge in [-0.05, 0) is 55.2 Å². The molecule has 0 aliphatic carbocycles. The van der Waals surface area contributed by atoms with Crippen LogP contribution in [0.1, 0.15) is 46.0 Å². The Bertz CT molecular complexity index is 872. The summed E-state index contributed by atoms with van der Waals surface area (Å²) < 4.78 is 38.4. The topological polar surface area (TPSA) is 49.4 Å². The Labute approximate surface area is 161 Å². The van der Waals surface area contributed by atoms with E-state index in [4.69, 9.17) is 0 Å². The number of alkyl halides is 3. The fraction of sp³-hybridized carbons (Fsp3) is 0.333. The van der Waals surface area contributed by atoms with E-state index in [1.54, 1.807) is 17.0 Å². The third kappa shape index (κ3) is 4.71. The van der Waals surface area contributed by atoms with Gasteiger partial charge in [0, 0.05) is 29.9 Å². The number of carbonyl (C=O) groups is 2. The second-order valence-electron chi connectivity index (χ2n) is 7.09. The van der Waals surface area contributed by atoms with Crippen LogP contribution < -0.4 is 5.32 Å². The number of likely N-dealkylation sites (tertiary alicyclic amines) is 1. The Morgan fingerprint density at radius 2 is 1.64 bits per heavy atom. The van der Waals surface area contributed by atoms with Gasteiger partial charge >= 0.3 is 6.18 Å². The van der Waals surface area contributed by atoms with Gasteiger partial charge in [0.15, 0.2) is 0 Å². The van der Waals surface area contributed by atoms with Crippen molar-refractivity contribution in [3.8, 4) is 0 Å². The van der Waals surface area contributed by atoms with Gasteiger partial charge in [-0.15, -0.1) is 0 Å². The summed E-state index contributed by atoms with van der Waals surface area (Å²) in [6.07, 6.45) is -2.60. The number of benzene rings is 2. The van der Waals surface area contributed by atoms with E-state index in [0.717, 1.165) is 25.0 Å². The lowest BCUT2D eigenvalue weighted by Gasteiger charge is -2.30. The largest absolute Gasteiger partial charge is 0.416 e. The summed E-state index contributed by atoms with van der Waals surface area (Å²) in [5, 5.41) is 2.46. The lowest BCUT2D eigenvalue weighted by Crippen LogP contribution is -2.38. The summed E-state index contributed by atoms with van der Waals surface area (Å²) >= 11 is 0. The molecule has 0 radical (unpaired) electrons. The highest BCUT2D eigenvalue weighted by Gasteiger charge is 2.30. The number of piperidine rings is 1. The van der Waals surface area contributed by atoms with E-state index in [2.05, 4.69) is 12.2 Å². The van der Waals surface area contributed by atoms with E-state index in [0.29, 0.717) is 24.6 Å². The van der Waals surface area contributed by atoms with Crippen LogP contribution in [0.5, 0.6) is 0 Å². The molecular formula is C21H21F3N2O2. The molecule has 1 N–H and O–H groups in total. The minimum atomic E-state index is -4.49. The third-order valence-corrected chi connectivity index (χ3v) is 4.89. The van der Waals surface area contributed by atoms with Crippen LogP contribution in [-0.2, 0) is 6.18 Å². The standard InChI is InChI=1S/C21H21F3N2O2/c1-14-8-10-26(11-9-14)20(28)16-5-2-4-15(12-16)19(27)25-18-7-3-6-17(13-18)21(22,23)24/h2-7,12-14H,8-11H2,1H3,(H,25,27). The van der Waals surface area contributed by atoms with Crippen molar-refractivity contribution in [2.75, 3.05) is 18.4 Å². The zero-order chi connectivity index (χ0) is 20.3. The molecule has 4 nitrogen and oxygen atoms in total. The maximum atomic E-state index is 12.8. The van der Waals surface area contributed by atoms with E-state index in [1.807, 2.05) is 0 Å². The Morgan fingerprint density at radius 1 is 1.00 bits per heavy atom. The number of anilines is 1. The molecule has 2 aromatic rings. The van der Waals surface area contributed by atoms with Crippen molar-refractivity contribution in [3.63, 3.8) is 0 Å². The molecule has 0 unspecified atom stereocenters. The van der Waals surface area contributed by atoms with Crippen molar-refractivity contribution in [2.45, 2.75) is 25.9 Å². The molecular weight excluding hydrogens is 369 g/mol. The molecule has 3 rings (SSSR count). The van der Waals surface area contributed by atoms with Gasteiger partial charge in [0.25, 0.3) is 11.8 Å². The third-order valence-electron chi connectivity index (χ3n) is 4.89. The van der Waals surface area contributed by atoms with Gasteiger partial charge in [-0.25, -0.2) is 0 Å². The van der Waals surface area contributed by atoms with Crippen LogP contribution >= 0.6 is 0 Å². The number of nitrogens with zero attached hydrogens (tertiary/aromatic N) is 1. The van der Waals surface area contributed by atoms with Crippen LogP contribution in [0.4, 0.5) is 18.9 Å². The van der Waals surface area contributed by atoms with Gasteiger partial charge in [-0.2, -0.15) is 13.2 Å². The van der Waals surface area contributed by atoms with E-state index in [-0.39, 0.29) is 17.2 Å². The molecule has 0 aromatic heterocycles. The van der Waals surface area contributed by atoms with E-state index < -0.39 is 17.6 Å². The average molecular weight is 390 g/mol. The Balaban J connectivity index is 1.73. The zero-order valence-corrected chi connectivity index (χ0v) is 15.4. The van der Waals surface area contributed by atoms with Gasteiger partial charge in [0.1, 0.15) is 0 Å². The van der Waals surface area contributed by atoms with Crippen molar-refractivity contribution in [3.05, 3.63) is 65.2 Å². The van der Waals surface area contributed by atoms with Crippen molar-refractivity contribution >= 4 is 17.5 Å². The molecule has 7 heteroatoms. The molecule has 0 atom stereocenters. The smallest absolute Gasteiger partial charge is 0.339 e. The monoisotopic (exact) mass is 390 g/mol. The maximum Gasteiger partial charge on any atom is 0.416 e. The first-order valence-corrected chi connectivity index (χ1v) is 9.12. The fourth-order valence-electron chi connectivity index (χ4n) is 3.16. The lowest BCUT2D eigenvalue weighted by molar-refractivity contribution is -0.137. The number of nitrogens with one attached hydrogen (secondary N) is 1. The number of halogens is 3. The van der Waals surface area contributed by atoms with E-state index in [9.17, 15) is 22.8 Å². The molecule has 1 saturated heterocycles.